The zero-order valence-electron chi connectivity index (χ0n) is 15.0. The van der Waals surface area contributed by atoms with E-state index in [4.69, 9.17) is 4.74 Å². The highest BCUT2D eigenvalue weighted by Crippen LogP contribution is 2.29. The van der Waals surface area contributed by atoms with Gasteiger partial charge in [0, 0.05) is 5.75 Å². The van der Waals surface area contributed by atoms with Crippen LogP contribution in [0, 0.1) is 5.82 Å². The highest BCUT2D eigenvalue weighted by Gasteiger charge is 2.13. The Balaban J connectivity index is 1.25. The molecule has 1 aliphatic carbocycles. The summed E-state index contributed by atoms with van der Waals surface area (Å²) in [4.78, 5) is 12.1. The maximum Gasteiger partial charge on any atom is 0.264 e. The van der Waals surface area contributed by atoms with Crippen LogP contribution in [0.5, 0.6) is 5.75 Å². The number of nitrogens with one attached hydrogen (secondary N) is 1. The summed E-state index contributed by atoms with van der Waals surface area (Å²) >= 11 is 2.79. The molecule has 28 heavy (non-hydrogen) atoms. The summed E-state index contributed by atoms with van der Waals surface area (Å²) in [6, 6.07) is 12.3. The Hall–Kier alpha value is -2.45. The lowest BCUT2D eigenvalue weighted by atomic mass is 10.1. The van der Waals surface area contributed by atoms with Gasteiger partial charge in [0.2, 0.25) is 5.13 Å². The van der Waals surface area contributed by atoms with Crippen LogP contribution >= 0.6 is 23.1 Å². The fourth-order valence-corrected chi connectivity index (χ4v) is 4.71. The predicted molar refractivity (Wildman–Crippen MR) is 108 cm³/mol. The number of amides is 1. The molecule has 0 spiro atoms. The van der Waals surface area contributed by atoms with Gasteiger partial charge in [-0.1, -0.05) is 41.3 Å². The number of halogens is 1. The van der Waals surface area contributed by atoms with Crippen molar-refractivity contribution in [3.63, 3.8) is 0 Å². The molecule has 2 aromatic carbocycles. The fraction of sp³-hybridized carbons (Fsp3) is 0.250. The maximum atomic E-state index is 12.9. The van der Waals surface area contributed by atoms with Crippen molar-refractivity contribution in [1.82, 2.24) is 10.2 Å². The zero-order chi connectivity index (χ0) is 19.3. The van der Waals surface area contributed by atoms with Gasteiger partial charge in [-0.25, -0.2) is 4.39 Å². The van der Waals surface area contributed by atoms with Gasteiger partial charge in [0.1, 0.15) is 11.6 Å². The van der Waals surface area contributed by atoms with Crippen molar-refractivity contribution in [2.45, 2.75) is 29.4 Å². The Morgan fingerprint density at radius 1 is 1.14 bits per heavy atom. The summed E-state index contributed by atoms with van der Waals surface area (Å²) in [6.07, 6.45) is 3.37. The Morgan fingerprint density at radius 2 is 1.96 bits per heavy atom. The standard InChI is InChI=1S/C20H18FN3O2S2/c21-16-7-4-13(5-8-16)12-27-20-24-23-19(28-20)22-18(25)11-26-17-9-6-14-2-1-3-15(14)10-17/h4-10H,1-3,11-12H2,(H,22,23,25). The average molecular weight is 416 g/mol. The highest BCUT2D eigenvalue weighted by atomic mass is 32.2. The first-order valence-corrected chi connectivity index (χ1v) is 10.7. The Kier molecular flexibility index (Phi) is 5.87. The van der Waals surface area contributed by atoms with Crippen molar-refractivity contribution in [1.29, 1.82) is 0 Å². The van der Waals surface area contributed by atoms with Crippen molar-refractivity contribution in [3.8, 4) is 5.75 Å². The molecule has 0 radical (unpaired) electrons. The van der Waals surface area contributed by atoms with Crippen LogP contribution in [0.2, 0.25) is 0 Å². The van der Waals surface area contributed by atoms with E-state index >= 15 is 0 Å². The number of anilines is 1. The summed E-state index contributed by atoms with van der Waals surface area (Å²) in [6.45, 7) is -0.0730. The molecule has 3 aromatic rings. The molecule has 1 aromatic heterocycles. The summed E-state index contributed by atoms with van der Waals surface area (Å²) in [5.41, 5.74) is 3.68. The number of rotatable bonds is 7. The van der Waals surface area contributed by atoms with Crippen LogP contribution in [0.3, 0.4) is 0 Å². The molecule has 144 valence electrons. The predicted octanol–water partition coefficient (Wildman–Crippen LogP) is 4.48. The molecule has 0 saturated heterocycles. The van der Waals surface area contributed by atoms with Crippen molar-refractivity contribution in [2.75, 3.05) is 11.9 Å². The average Bonchev–Trinajstić information content (AvgIpc) is 3.34. The Bertz CT molecular complexity index is 976. The van der Waals surface area contributed by atoms with E-state index in [1.807, 2.05) is 12.1 Å². The van der Waals surface area contributed by atoms with Gasteiger partial charge in [0.25, 0.3) is 5.91 Å². The summed E-state index contributed by atoms with van der Waals surface area (Å²) in [5.74, 6) is 0.844. The number of fused-ring (bicyclic) bond motifs is 1. The quantitative estimate of drug-likeness (QED) is 0.455. The minimum atomic E-state index is -0.272. The Morgan fingerprint density at radius 3 is 2.82 bits per heavy atom. The van der Waals surface area contributed by atoms with Crippen LogP contribution in [0.25, 0.3) is 0 Å². The molecule has 0 atom stereocenters. The molecule has 5 nitrogen and oxygen atoms in total. The van der Waals surface area contributed by atoms with Gasteiger partial charge in [-0.3, -0.25) is 10.1 Å². The number of nitrogens with zero attached hydrogens (tertiary/aromatic N) is 2. The second kappa shape index (κ2) is 8.70. The molecule has 0 fully saturated rings. The fourth-order valence-electron chi connectivity index (χ4n) is 2.99. The molecular weight excluding hydrogens is 397 g/mol. The van der Waals surface area contributed by atoms with Gasteiger partial charge in [0.15, 0.2) is 10.9 Å². The van der Waals surface area contributed by atoms with Crippen LogP contribution in [0.1, 0.15) is 23.1 Å². The monoisotopic (exact) mass is 415 g/mol. The van der Waals surface area contributed by atoms with Crippen molar-refractivity contribution in [3.05, 3.63) is 65.0 Å². The molecule has 1 amide bonds. The van der Waals surface area contributed by atoms with E-state index in [1.165, 1.54) is 52.8 Å². The summed E-state index contributed by atoms with van der Waals surface area (Å²) in [7, 11) is 0. The second-order valence-electron chi connectivity index (χ2n) is 6.41. The third kappa shape index (κ3) is 4.88. The number of carbonyl (C=O) groups is 1. The lowest BCUT2D eigenvalue weighted by Gasteiger charge is -2.07. The number of hydrogen-bond acceptors (Lipinski definition) is 6. The molecule has 1 heterocycles. The number of aryl methyl sites for hydroxylation is 2. The van der Waals surface area contributed by atoms with Crippen LogP contribution < -0.4 is 10.1 Å². The molecule has 1 N–H and O–H groups in total. The van der Waals surface area contributed by atoms with Gasteiger partial charge in [-0.05, 0) is 60.2 Å². The van der Waals surface area contributed by atoms with Crippen molar-refractivity contribution < 1.29 is 13.9 Å². The van der Waals surface area contributed by atoms with E-state index in [0.717, 1.165) is 22.7 Å². The third-order valence-electron chi connectivity index (χ3n) is 4.37. The lowest BCUT2D eigenvalue weighted by molar-refractivity contribution is -0.118. The van der Waals surface area contributed by atoms with Crippen molar-refractivity contribution in [2.24, 2.45) is 0 Å². The van der Waals surface area contributed by atoms with Crippen LogP contribution in [0.4, 0.5) is 9.52 Å². The normalized spacial score (nSPS) is 12.6. The van der Waals surface area contributed by atoms with Crippen LogP contribution in [-0.4, -0.2) is 22.7 Å². The van der Waals surface area contributed by atoms with E-state index in [2.05, 4.69) is 21.6 Å². The lowest BCUT2D eigenvalue weighted by Crippen LogP contribution is -2.20. The third-order valence-corrected chi connectivity index (χ3v) is 6.41. The Labute approximate surface area is 170 Å². The number of ether oxygens (including phenoxy) is 1. The molecule has 0 aliphatic heterocycles. The first kappa shape index (κ1) is 18.9. The highest BCUT2D eigenvalue weighted by molar-refractivity contribution is 8.00. The zero-order valence-corrected chi connectivity index (χ0v) is 16.6. The van der Waals surface area contributed by atoms with Gasteiger partial charge < -0.3 is 4.74 Å². The topological polar surface area (TPSA) is 64.1 Å². The number of thioether (sulfide) groups is 1. The smallest absolute Gasteiger partial charge is 0.264 e. The SMILES string of the molecule is O=C(COc1ccc2c(c1)CCC2)Nc1nnc(SCc2ccc(F)cc2)s1. The van der Waals surface area contributed by atoms with E-state index in [1.54, 1.807) is 12.1 Å². The molecular formula is C20H18FN3O2S2. The largest absolute Gasteiger partial charge is 0.484 e. The van der Waals surface area contributed by atoms with Crippen LogP contribution in [0.15, 0.2) is 46.8 Å². The van der Waals surface area contributed by atoms with Gasteiger partial charge in [0.05, 0.1) is 0 Å². The van der Waals surface area contributed by atoms with Gasteiger partial charge in [-0.15, -0.1) is 10.2 Å². The van der Waals surface area contributed by atoms with E-state index in [0.29, 0.717) is 16.6 Å². The number of hydrogen-bond donors (Lipinski definition) is 1. The molecule has 4 rings (SSSR count). The van der Waals surface area contributed by atoms with Crippen molar-refractivity contribution >= 4 is 34.1 Å². The summed E-state index contributed by atoms with van der Waals surface area (Å²) in [5, 5.41) is 11.2. The maximum absolute atomic E-state index is 12.9. The first-order valence-electron chi connectivity index (χ1n) is 8.91. The van der Waals surface area contributed by atoms with E-state index < -0.39 is 0 Å². The minimum Gasteiger partial charge on any atom is -0.484 e. The first-order chi connectivity index (χ1) is 13.7. The number of benzene rings is 2. The molecule has 0 bridgehead atoms. The molecule has 8 heteroatoms. The second-order valence-corrected chi connectivity index (χ2v) is 8.61. The number of carbonyl (C=O) groups excluding carboxylic acids is 1. The number of aromatic nitrogens is 2. The van der Waals surface area contributed by atoms with E-state index in [9.17, 15) is 9.18 Å². The van der Waals surface area contributed by atoms with Gasteiger partial charge in [-0.2, -0.15) is 0 Å². The summed E-state index contributed by atoms with van der Waals surface area (Å²) < 4.78 is 19.3. The molecule has 0 saturated carbocycles. The van der Waals surface area contributed by atoms with Crippen LogP contribution in [-0.2, 0) is 23.4 Å². The molecule has 0 unspecified atom stereocenters. The van der Waals surface area contributed by atoms with Gasteiger partial charge >= 0.3 is 0 Å². The van der Waals surface area contributed by atoms with E-state index in [-0.39, 0.29) is 18.3 Å². The molecule has 1 aliphatic rings. The minimum absolute atomic E-state index is 0.0730.